The standard InChI is InChI=1S/C6H7N.CH3NO2/c1-6-4-2-3-5-7-6;1-2(3)4/h2-5H,1H3;1H3. The lowest BCUT2D eigenvalue weighted by Gasteiger charge is -1.82. The summed E-state index contributed by atoms with van der Waals surface area (Å²) in [5, 5.41) is 8.81. The Morgan fingerprint density at radius 1 is 1.55 bits per heavy atom. The van der Waals surface area contributed by atoms with E-state index in [1.165, 1.54) is 0 Å². The van der Waals surface area contributed by atoms with Gasteiger partial charge >= 0.3 is 0 Å². The van der Waals surface area contributed by atoms with E-state index in [0.29, 0.717) is 0 Å². The Morgan fingerprint density at radius 3 is 2.27 bits per heavy atom. The van der Waals surface area contributed by atoms with Crippen LogP contribution >= 0.6 is 0 Å². The van der Waals surface area contributed by atoms with Crippen LogP contribution in [0.1, 0.15) is 5.69 Å². The fourth-order valence-corrected chi connectivity index (χ4v) is 0.448. The maximum Gasteiger partial charge on any atom is 0.194 e. The molecule has 1 rings (SSSR count). The summed E-state index contributed by atoms with van der Waals surface area (Å²) in [5.74, 6) is 0. The molecule has 0 radical (unpaired) electrons. The van der Waals surface area contributed by atoms with Crippen LogP contribution in [0.5, 0.6) is 0 Å². The third-order valence-electron chi connectivity index (χ3n) is 0.813. The van der Waals surface area contributed by atoms with Crippen molar-refractivity contribution in [2.24, 2.45) is 0 Å². The Bertz CT molecular complexity index is 207. The van der Waals surface area contributed by atoms with Crippen molar-refractivity contribution < 1.29 is 4.92 Å². The van der Waals surface area contributed by atoms with E-state index in [1.54, 1.807) is 6.20 Å². The summed E-state index contributed by atoms with van der Waals surface area (Å²) in [5.41, 5.74) is 1.07. The molecule has 60 valence electrons. The highest BCUT2D eigenvalue weighted by atomic mass is 16.6. The van der Waals surface area contributed by atoms with Crippen molar-refractivity contribution in [3.05, 3.63) is 40.2 Å². The number of aromatic nitrogens is 1. The van der Waals surface area contributed by atoms with E-state index in [1.807, 2.05) is 25.1 Å². The van der Waals surface area contributed by atoms with Crippen molar-refractivity contribution in [2.75, 3.05) is 7.05 Å². The fraction of sp³-hybridized carbons (Fsp3) is 0.286. The minimum Gasteiger partial charge on any atom is -0.265 e. The summed E-state index contributed by atoms with van der Waals surface area (Å²) >= 11 is 0. The van der Waals surface area contributed by atoms with Gasteiger partial charge in [0.15, 0.2) is 7.05 Å². The molecule has 1 aromatic heterocycles. The van der Waals surface area contributed by atoms with Crippen molar-refractivity contribution in [3.63, 3.8) is 0 Å². The lowest BCUT2D eigenvalue weighted by molar-refractivity contribution is -0.445. The fourth-order valence-electron chi connectivity index (χ4n) is 0.448. The molecule has 0 unspecified atom stereocenters. The zero-order chi connectivity index (χ0) is 8.69. The molecular formula is C7H10N2O2. The summed E-state index contributed by atoms with van der Waals surface area (Å²) in [6.07, 6.45) is 1.79. The molecule has 4 nitrogen and oxygen atoms in total. The summed E-state index contributed by atoms with van der Waals surface area (Å²) < 4.78 is 0. The predicted octanol–water partition coefficient (Wildman–Crippen LogP) is 1.28. The van der Waals surface area contributed by atoms with Crippen molar-refractivity contribution in [3.8, 4) is 0 Å². The average Bonchev–Trinajstić information content (AvgIpc) is 1.87. The molecule has 0 aliphatic carbocycles. The highest BCUT2D eigenvalue weighted by Crippen LogP contribution is 1.85. The summed E-state index contributed by atoms with van der Waals surface area (Å²) in [7, 11) is 0.889. The van der Waals surface area contributed by atoms with Crippen LogP contribution in [0, 0.1) is 17.0 Å². The molecule has 0 N–H and O–H groups in total. The second kappa shape index (κ2) is 5.34. The third-order valence-corrected chi connectivity index (χ3v) is 0.813. The minimum absolute atomic E-state index is 0.500. The van der Waals surface area contributed by atoms with Gasteiger partial charge in [0.1, 0.15) is 0 Å². The Labute approximate surface area is 65.0 Å². The van der Waals surface area contributed by atoms with Gasteiger partial charge in [-0.15, -0.1) is 0 Å². The van der Waals surface area contributed by atoms with E-state index in [0.717, 1.165) is 12.7 Å². The molecule has 0 fully saturated rings. The Kier molecular flexibility index (Phi) is 4.64. The van der Waals surface area contributed by atoms with Gasteiger partial charge < -0.3 is 0 Å². The first kappa shape index (κ1) is 9.55. The van der Waals surface area contributed by atoms with E-state index in [9.17, 15) is 0 Å². The molecule has 0 saturated carbocycles. The van der Waals surface area contributed by atoms with Gasteiger partial charge in [-0.3, -0.25) is 15.1 Å². The molecule has 0 amide bonds. The number of rotatable bonds is 0. The quantitative estimate of drug-likeness (QED) is 0.418. The number of hydrogen-bond donors (Lipinski definition) is 0. The molecule has 0 aliphatic heterocycles. The van der Waals surface area contributed by atoms with Crippen molar-refractivity contribution >= 4 is 0 Å². The lowest BCUT2D eigenvalue weighted by atomic mass is 10.4. The molecule has 1 aromatic rings. The monoisotopic (exact) mass is 154 g/mol. The van der Waals surface area contributed by atoms with Crippen LogP contribution in [0.2, 0.25) is 0 Å². The van der Waals surface area contributed by atoms with Gasteiger partial charge in [-0.25, -0.2) is 0 Å². The molecule has 0 aromatic carbocycles. The Balaban J connectivity index is 0.000000218. The van der Waals surface area contributed by atoms with E-state index in [-0.39, 0.29) is 0 Å². The normalized spacial score (nSPS) is 7.82. The zero-order valence-electron chi connectivity index (χ0n) is 6.52. The average molecular weight is 154 g/mol. The first-order valence-corrected chi connectivity index (χ1v) is 3.08. The molecule has 1 heterocycles. The zero-order valence-corrected chi connectivity index (χ0v) is 6.52. The molecule has 0 saturated heterocycles. The molecular weight excluding hydrogens is 144 g/mol. The maximum absolute atomic E-state index is 8.81. The van der Waals surface area contributed by atoms with Gasteiger partial charge in [0.25, 0.3) is 0 Å². The number of nitrogens with zero attached hydrogens (tertiary/aromatic N) is 2. The van der Waals surface area contributed by atoms with Crippen molar-refractivity contribution in [1.82, 2.24) is 4.98 Å². The van der Waals surface area contributed by atoms with E-state index >= 15 is 0 Å². The van der Waals surface area contributed by atoms with Crippen LogP contribution in [0.4, 0.5) is 0 Å². The van der Waals surface area contributed by atoms with Crippen LogP contribution in [0.15, 0.2) is 24.4 Å². The summed E-state index contributed by atoms with van der Waals surface area (Å²) in [4.78, 5) is 12.3. The number of pyridine rings is 1. The Hall–Kier alpha value is -1.45. The summed E-state index contributed by atoms with van der Waals surface area (Å²) in [6, 6.07) is 5.86. The number of nitro groups is 1. The second-order valence-electron chi connectivity index (χ2n) is 1.91. The largest absolute Gasteiger partial charge is 0.265 e. The SMILES string of the molecule is C[N+](=O)[O-].Cc1ccccn1. The van der Waals surface area contributed by atoms with Crippen LogP contribution in [0.3, 0.4) is 0 Å². The van der Waals surface area contributed by atoms with Crippen LogP contribution in [0.25, 0.3) is 0 Å². The van der Waals surface area contributed by atoms with E-state index < -0.39 is 4.92 Å². The first-order chi connectivity index (χ1) is 5.13. The van der Waals surface area contributed by atoms with Crippen LogP contribution in [-0.2, 0) is 0 Å². The van der Waals surface area contributed by atoms with E-state index in [4.69, 9.17) is 10.1 Å². The van der Waals surface area contributed by atoms with E-state index in [2.05, 4.69) is 4.98 Å². The van der Waals surface area contributed by atoms with Crippen LogP contribution in [-0.4, -0.2) is 17.0 Å². The summed E-state index contributed by atoms with van der Waals surface area (Å²) in [6.45, 7) is 1.97. The van der Waals surface area contributed by atoms with Crippen molar-refractivity contribution in [1.29, 1.82) is 0 Å². The Morgan fingerprint density at radius 2 is 2.09 bits per heavy atom. The lowest BCUT2D eigenvalue weighted by Crippen LogP contribution is -1.79. The van der Waals surface area contributed by atoms with Gasteiger partial charge in [-0.05, 0) is 19.1 Å². The maximum atomic E-state index is 8.81. The van der Waals surface area contributed by atoms with Gasteiger partial charge in [-0.1, -0.05) is 6.07 Å². The smallest absolute Gasteiger partial charge is 0.194 e. The molecule has 4 heteroatoms. The number of aryl methyl sites for hydroxylation is 1. The molecule has 0 spiro atoms. The highest BCUT2D eigenvalue weighted by molar-refractivity contribution is 4.99. The van der Waals surface area contributed by atoms with Gasteiger partial charge in [-0.2, -0.15) is 0 Å². The predicted molar refractivity (Wildman–Crippen MR) is 41.9 cm³/mol. The van der Waals surface area contributed by atoms with Gasteiger partial charge in [0, 0.05) is 16.8 Å². The molecule has 0 aliphatic rings. The molecule has 11 heavy (non-hydrogen) atoms. The third kappa shape index (κ3) is 8.55. The van der Waals surface area contributed by atoms with Crippen LogP contribution < -0.4 is 0 Å². The number of hydrogen-bond acceptors (Lipinski definition) is 3. The van der Waals surface area contributed by atoms with Gasteiger partial charge in [0.2, 0.25) is 0 Å². The van der Waals surface area contributed by atoms with Gasteiger partial charge in [0.05, 0.1) is 0 Å². The highest BCUT2D eigenvalue weighted by Gasteiger charge is 1.73. The topological polar surface area (TPSA) is 56.0 Å². The minimum atomic E-state index is -0.500. The van der Waals surface area contributed by atoms with Crippen molar-refractivity contribution in [2.45, 2.75) is 6.92 Å². The second-order valence-corrected chi connectivity index (χ2v) is 1.91. The molecule has 0 bridgehead atoms. The molecule has 0 atom stereocenters. The first-order valence-electron chi connectivity index (χ1n) is 3.08.